The molecule has 5 aromatic carbocycles. The molecular weight excluding hydrogens is 615 g/mol. The van der Waals surface area contributed by atoms with Gasteiger partial charge in [-0.1, -0.05) is 109 Å². The smallest absolute Gasteiger partial charge is 0.164 e. The molecule has 0 bridgehead atoms. The van der Waals surface area contributed by atoms with Crippen molar-refractivity contribution >= 4 is 22.6 Å². The van der Waals surface area contributed by atoms with Gasteiger partial charge in [-0.15, -0.1) is 0 Å². The first-order valence-electron chi connectivity index (χ1n) is 17.0. The minimum atomic E-state index is -0.227. The Hall–Kier alpha value is -6.53. The van der Waals surface area contributed by atoms with E-state index in [1.54, 1.807) is 0 Å². The van der Waals surface area contributed by atoms with Crippen LogP contribution in [-0.2, 0) is 0 Å². The summed E-state index contributed by atoms with van der Waals surface area (Å²) in [6, 6.07) is 43.8. The molecule has 6 heteroatoms. The lowest BCUT2D eigenvalue weighted by Gasteiger charge is -2.22. The summed E-state index contributed by atoms with van der Waals surface area (Å²) in [5.74, 6) is 2.74. The van der Waals surface area contributed by atoms with E-state index < -0.39 is 0 Å². The van der Waals surface area contributed by atoms with Crippen molar-refractivity contribution in [2.24, 2.45) is 0 Å². The molecule has 238 valence electrons. The van der Waals surface area contributed by atoms with Crippen LogP contribution in [0.1, 0.15) is 34.4 Å². The van der Waals surface area contributed by atoms with Crippen molar-refractivity contribution in [3.05, 3.63) is 174 Å². The van der Waals surface area contributed by atoms with Gasteiger partial charge in [0, 0.05) is 56.9 Å². The van der Waals surface area contributed by atoms with Gasteiger partial charge in [0.1, 0.15) is 11.9 Å². The minimum Gasteiger partial charge on any atom is -0.484 e. The van der Waals surface area contributed by atoms with E-state index in [1.807, 2.05) is 66.9 Å². The lowest BCUT2D eigenvalue weighted by atomic mass is 9.82. The molecule has 7 aromatic rings. The number of allylic oxidation sites excluding steroid dienone is 2. The molecule has 2 aromatic heterocycles. The van der Waals surface area contributed by atoms with E-state index in [0.717, 1.165) is 62.6 Å². The van der Waals surface area contributed by atoms with Crippen molar-refractivity contribution < 1.29 is 4.74 Å². The second-order valence-corrected chi connectivity index (χ2v) is 12.8. The van der Waals surface area contributed by atoms with Crippen LogP contribution < -0.4 is 10.1 Å². The van der Waals surface area contributed by atoms with E-state index in [0.29, 0.717) is 17.5 Å². The lowest BCUT2D eigenvalue weighted by Crippen LogP contribution is -2.14. The van der Waals surface area contributed by atoms with Crippen molar-refractivity contribution in [1.29, 1.82) is 0 Å². The van der Waals surface area contributed by atoms with Gasteiger partial charge >= 0.3 is 0 Å². The van der Waals surface area contributed by atoms with Gasteiger partial charge in [-0.05, 0) is 54.3 Å². The number of dihydropyridines is 1. The third-order valence-corrected chi connectivity index (χ3v) is 9.88. The number of aromatic nitrogens is 4. The number of hydrogen-bond donors (Lipinski definition) is 1. The molecule has 0 saturated heterocycles. The molecule has 10 rings (SSSR count). The maximum absolute atomic E-state index is 7.24. The van der Waals surface area contributed by atoms with Gasteiger partial charge in [-0.25, -0.2) is 15.0 Å². The monoisotopic (exact) mass is 645 g/mol. The van der Waals surface area contributed by atoms with E-state index in [1.165, 1.54) is 10.9 Å². The first-order chi connectivity index (χ1) is 24.8. The molecule has 2 atom stereocenters. The maximum atomic E-state index is 7.24. The summed E-state index contributed by atoms with van der Waals surface area (Å²) < 4.78 is 9.60. The molecule has 0 spiro atoms. The summed E-state index contributed by atoms with van der Waals surface area (Å²) in [5.41, 5.74) is 10.8. The number of benzene rings is 5. The van der Waals surface area contributed by atoms with E-state index in [4.69, 9.17) is 19.7 Å². The fourth-order valence-electron chi connectivity index (χ4n) is 7.65. The molecule has 0 saturated carbocycles. The fourth-order valence-corrected chi connectivity index (χ4v) is 7.65. The zero-order valence-electron chi connectivity index (χ0n) is 27.1. The highest BCUT2D eigenvalue weighted by molar-refractivity contribution is 5.93. The Morgan fingerprint density at radius 3 is 1.96 bits per heavy atom. The lowest BCUT2D eigenvalue weighted by molar-refractivity contribution is 0.224. The zero-order chi connectivity index (χ0) is 33.0. The molecular formula is C44H31N5O. The molecule has 2 unspecified atom stereocenters. The predicted molar refractivity (Wildman–Crippen MR) is 200 cm³/mol. The highest BCUT2D eigenvalue weighted by Gasteiger charge is 2.43. The van der Waals surface area contributed by atoms with Crippen LogP contribution in [0.3, 0.4) is 0 Å². The summed E-state index contributed by atoms with van der Waals surface area (Å²) in [7, 11) is 0. The Labute approximate surface area is 289 Å². The Balaban J connectivity index is 1.21. The van der Waals surface area contributed by atoms with Crippen LogP contribution in [0, 0.1) is 0 Å². The predicted octanol–water partition coefficient (Wildman–Crippen LogP) is 9.56. The average molecular weight is 646 g/mol. The molecule has 1 aliphatic carbocycles. The summed E-state index contributed by atoms with van der Waals surface area (Å²) in [5, 5.41) is 4.49. The van der Waals surface area contributed by atoms with Crippen molar-refractivity contribution in [3.63, 3.8) is 0 Å². The Morgan fingerprint density at radius 1 is 0.620 bits per heavy atom. The van der Waals surface area contributed by atoms with Crippen LogP contribution in [-0.4, -0.2) is 26.1 Å². The number of rotatable bonds is 5. The molecule has 0 fully saturated rings. The number of para-hydroxylation sites is 2. The number of nitrogens with zero attached hydrogens (tertiary/aromatic N) is 4. The van der Waals surface area contributed by atoms with E-state index >= 15 is 0 Å². The Bertz CT molecular complexity index is 2460. The van der Waals surface area contributed by atoms with E-state index in [2.05, 4.69) is 101 Å². The third kappa shape index (κ3) is 4.53. The second kappa shape index (κ2) is 11.6. The molecule has 50 heavy (non-hydrogen) atoms. The SMILES string of the molecule is C1=CC(c2ccc(-c3nc(-c4ccccc4)nc(-c4ccccc4)n3)c3c2OC2c4c(n(-c5ccccc5)c5ccccc45)C=CC32)=CCN1. The van der Waals surface area contributed by atoms with Gasteiger partial charge < -0.3 is 14.6 Å². The first kappa shape index (κ1) is 28.5. The van der Waals surface area contributed by atoms with Crippen molar-refractivity contribution in [2.45, 2.75) is 12.0 Å². The van der Waals surface area contributed by atoms with Crippen LogP contribution in [0.15, 0.2) is 152 Å². The molecule has 1 N–H and O–H groups in total. The molecule has 0 radical (unpaired) electrons. The van der Waals surface area contributed by atoms with Crippen molar-refractivity contribution in [1.82, 2.24) is 24.8 Å². The first-order valence-corrected chi connectivity index (χ1v) is 17.0. The average Bonchev–Trinajstić information content (AvgIpc) is 3.75. The third-order valence-electron chi connectivity index (χ3n) is 9.88. The van der Waals surface area contributed by atoms with Gasteiger partial charge in [0.15, 0.2) is 17.5 Å². The van der Waals surface area contributed by atoms with Crippen molar-refractivity contribution in [2.75, 3.05) is 6.54 Å². The van der Waals surface area contributed by atoms with Gasteiger partial charge in [-0.3, -0.25) is 0 Å². The van der Waals surface area contributed by atoms with Crippen LogP contribution in [0.2, 0.25) is 0 Å². The molecule has 4 heterocycles. The topological polar surface area (TPSA) is 64.9 Å². The normalized spacial score (nSPS) is 17.0. The van der Waals surface area contributed by atoms with E-state index in [-0.39, 0.29) is 12.0 Å². The van der Waals surface area contributed by atoms with E-state index in [9.17, 15) is 0 Å². The van der Waals surface area contributed by atoms with Gasteiger partial charge in [-0.2, -0.15) is 0 Å². The van der Waals surface area contributed by atoms with Gasteiger partial charge in [0.2, 0.25) is 0 Å². The van der Waals surface area contributed by atoms with Crippen molar-refractivity contribution in [3.8, 4) is 45.6 Å². The Kier molecular flexibility index (Phi) is 6.59. The number of fused-ring (bicyclic) bond motifs is 7. The minimum absolute atomic E-state index is 0.0501. The number of nitrogens with one attached hydrogen (secondary N) is 1. The molecule has 6 nitrogen and oxygen atoms in total. The van der Waals surface area contributed by atoms with Crippen LogP contribution in [0.4, 0.5) is 0 Å². The van der Waals surface area contributed by atoms with Gasteiger partial charge in [0.25, 0.3) is 0 Å². The standard InChI is InChI=1S/C44H31N5O/c1-4-12-29(13-5-1)42-46-43(30-14-6-2-7-15-30)48-44(47-42)35-21-20-32(28-24-26-45-27-25-28)40-38(35)34-22-23-37-39(41(34)50-40)33-18-10-11-19-36(33)49(37)31-16-8-3-9-17-31/h1-26,34,41,45H,27H2. The summed E-state index contributed by atoms with van der Waals surface area (Å²) in [4.78, 5) is 15.3. The molecule has 0 amide bonds. The number of ether oxygens (including phenoxy) is 1. The van der Waals surface area contributed by atoms with Crippen LogP contribution >= 0.6 is 0 Å². The van der Waals surface area contributed by atoms with Crippen LogP contribution in [0.5, 0.6) is 5.75 Å². The molecule has 2 aliphatic heterocycles. The van der Waals surface area contributed by atoms with Gasteiger partial charge in [0.05, 0.1) is 11.2 Å². The largest absolute Gasteiger partial charge is 0.484 e. The fraction of sp³-hybridized carbons (Fsp3) is 0.0682. The summed E-state index contributed by atoms with van der Waals surface area (Å²) in [6.45, 7) is 0.762. The number of hydrogen-bond acceptors (Lipinski definition) is 5. The highest BCUT2D eigenvalue weighted by atomic mass is 16.5. The van der Waals surface area contributed by atoms with Crippen LogP contribution in [0.25, 0.3) is 62.4 Å². The zero-order valence-corrected chi connectivity index (χ0v) is 27.1. The molecule has 3 aliphatic rings. The summed E-state index contributed by atoms with van der Waals surface area (Å²) >= 11 is 0. The maximum Gasteiger partial charge on any atom is 0.164 e. The quantitative estimate of drug-likeness (QED) is 0.202. The highest BCUT2D eigenvalue weighted by Crippen LogP contribution is 2.57. The second-order valence-electron chi connectivity index (χ2n) is 12.8. The Morgan fingerprint density at radius 2 is 1.26 bits per heavy atom. The summed E-state index contributed by atoms with van der Waals surface area (Å²) in [6.07, 6.45) is 10.7.